The van der Waals surface area contributed by atoms with Crippen LogP contribution in [0.3, 0.4) is 0 Å². The van der Waals surface area contributed by atoms with Crippen molar-refractivity contribution in [3.8, 4) is 11.1 Å². The molecule has 0 aromatic heterocycles. The zero-order valence-electron chi connectivity index (χ0n) is 14.0. The highest BCUT2D eigenvalue weighted by atomic mass is 16.6. The van der Waals surface area contributed by atoms with Crippen LogP contribution in [0.2, 0.25) is 0 Å². The van der Waals surface area contributed by atoms with Crippen LogP contribution in [0.4, 0.5) is 4.79 Å². The van der Waals surface area contributed by atoms with Gasteiger partial charge in [-0.2, -0.15) is 0 Å². The van der Waals surface area contributed by atoms with Crippen LogP contribution in [0.5, 0.6) is 0 Å². The molecule has 0 N–H and O–H groups in total. The standard InChI is InChI=1S/C20H23NO2/c1-20(2,3)23-19(22)21-12-11-16-9-10-17(13-18(16)14-21)15-7-5-4-6-8-15/h4-10,13H,11-12,14H2,1-3H3. The van der Waals surface area contributed by atoms with Crippen molar-refractivity contribution in [1.29, 1.82) is 0 Å². The van der Waals surface area contributed by atoms with Crippen LogP contribution < -0.4 is 0 Å². The van der Waals surface area contributed by atoms with Crippen LogP contribution in [-0.2, 0) is 17.7 Å². The molecular formula is C20H23NO2. The minimum atomic E-state index is -0.455. The van der Waals surface area contributed by atoms with Gasteiger partial charge in [0.1, 0.15) is 5.60 Å². The first kappa shape index (κ1) is 15.6. The van der Waals surface area contributed by atoms with Gasteiger partial charge in [0.2, 0.25) is 0 Å². The van der Waals surface area contributed by atoms with Crippen LogP contribution in [0.1, 0.15) is 31.9 Å². The molecule has 120 valence electrons. The minimum absolute atomic E-state index is 0.228. The predicted octanol–water partition coefficient (Wildman–Crippen LogP) is 4.65. The highest BCUT2D eigenvalue weighted by molar-refractivity contribution is 5.70. The number of nitrogens with zero attached hydrogens (tertiary/aromatic N) is 1. The van der Waals surface area contributed by atoms with Gasteiger partial charge < -0.3 is 9.64 Å². The number of hydrogen-bond acceptors (Lipinski definition) is 2. The summed E-state index contributed by atoms with van der Waals surface area (Å²) in [5.74, 6) is 0. The van der Waals surface area contributed by atoms with E-state index >= 15 is 0 Å². The molecule has 2 aromatic carbocycles. The van der Waals surface area contributed by atoms with Crippen molar-refractivity contribution in [3.63, 3.8) is 0 Å². The van der Waals surface area contributed by atoms with E-state index in [1.54, 1.807) is 4.90 Å². The number of carbonyl (C=O) groups is 1. The molecule has 1 aliphatic rings. The molecule has 0 aliphatic carbocycles. The van der Waals surface area contributed by atoms with E-state index in [4.69, 9.17) is 4.74 Å². The summed E-state index contributed by atoms with van der Waals surface area (Å²) in [4.78, 5) is 14.1. The fraction of sp³-hybridized carbons (Fsp3) is 0.350. The maximum absolute atomic E-state index is 12.3. The maximum Gasteiger partial charge on any atom is 0.410 e. The topological polar surface area (TPSA) is 29.5 Å². The van der Waals surface area contributed by atoms with Crippen LogP contribution in [0.15, 0.2) is 48.5 Å². The number of ether oxygens (including phenoxy) is 1. The molecule has 1 heterocycles. The van der Waals surface area contributed by atoms with Crippen molar-refractivity contribution < 1.29 is 9.53 Å². The van der Waals surface area contributed by atoms with Gasteiger partial charge in [-0.05, 0) is 55.5 Å². The van der Waals surface area contributed by atoms with Crippen molar-refractivity contribution in [2.45, 2.75) is 39.3 Å². The molecule has 0 bridgehead atoms. The first-order chi connectivity index (χ1) is 10.9. The molecular weight excluding hydrogens is 286 g/mol. The number of amides is 1. The van der Waals surface area contributed by atoms with E-state index in [2.05, 4.69) is 30.3 Å². The molecule has 3 nitrogen and oxygen atoms in total. The van der Waals surface area contributed by atoms with Crippen LogP contribution in [-0.4, -0.2) is 23.1 Å². The van der Waals surface area contributed by atoms with Gasteiger partial charge in [-0.1, -0.05) is 42.5 Å². The molecule has 3 heteroatoms. The van der Waals surface area contributed by atoms with Crippen molar-refractivity contribution in [2.75, 3.05) is 6.54 Å². The van der Waals surface area contributed by atoms with Gasteiger partial charge in [0.25, 0.3) is 0 Å². The summed E-state index contributed by atoms with van der Waals surface area (Å²) >= 11 is 0. The lowest BCUT2D eigenvalue weighted by atomic mass is 9.95. The Morgan fingerprint density at radius 3 is 2.43 bits per heavy atom. The van der Waals surface area contributed by atoms with Crippen molar-refractivity contribution in [3.05, 3.63) is 59.7 Å². The average Bonchev–Trinajstić information content (AvgIpc) is 2.53. The first-order valence-electron chi connectivity index (χ1n) is 8.07. The Labute approximate surface area is 137 Å². The van der Waals surface area contributed by atoms with Gasteiger partial charge >= 0.3 is 6.09 Å². The smallest absolute Gasteiger partial charge is 0.410 e. The van der Waals surface area contributed by atoms with Crippen LogP contribution in [0, 0.1) is 0 Å². The Bertz CT molecular complexity index is 701. The number of fused-ring (bicyclic) bond motifs is 1. The van der Waals surface area contributed by atoms with E-state index in [1.165, 1.54) is 22.3 Å². The molecule has 1 aliphatic heterocycles. The summed E-state index contributed by atoms with van der Waals surface area (Å²) in [6, 6.07) is 16.9. The fourth-order valence-electron chi connectivity index (χ4n) is 2.85. The molecule has 0 spiro atoms. The zero-order chi connectivity index (χ0) is 16.4. The SMILES string of the molecule is CC(C)(C)OC(=O)N1CCc2ccc(-c3ccccc3)cc2C1. The molecule has 2 aromatic rings. The zero-order valence-corrected chi connectivity index (χ0v) is 14.0. The summed E-state index contributed by atoms with van der Waals surface area (Å²) in [7, 11) is 0. The largest absolute Gasteiger partial charge is 0.444 e. The highest BCUT2D eigenvalue weighted by Gasteiger charge is 2.25. The third kappa shape index (κ3) is 3.73. The van der Waals surface area contributed by atoms with Gasteiger partial charge in [0.15, 0.2) is 0 Å². The minimum Gasteiger partial charge on any atom is -0.444 e. The summed E-state index contributed by atoms with van der Waals surface area (Å²) in [5.41, 5.74) is 4.47. The van der Waals surface area contributed by atoms with Crippen molar-refractivity contribution >= 4 is 6.09 Å². The molecule has 0 saturated heterocycles. The van der Waals surface area contributed by atoms with E-state index < -0.39 is 5.60 Å². The van der Waals surface area contributed by atoms with E-state index in [1.807, 2.05) is 39.0 Å². The summed E-state index contributed by atoms with van der Waals surface area (Å²) in [5, 5.41) is 0. The molecule has 0 radical (unpaired) electrons. The second-order valence-corrected chi connectivity index (χ2v) is 7.00. The summed E-state index contributed by atoms with van der Waals surface area (Å²) < 4.78 is 5.49. The Hall–Kier alpha value is -2.29. The van der Waals surface area contributed by atoms with Gasteiger partial charge in [-0.25, -0.2) is 4.79 Å². The van der Waals surface area contributed by atoms with Crippen molar-refractivity contribution in [2.24, 2.45) is 0 Å². The lowest BCUT2D eigenvalue weighted by molar-refractivity contribution is 0.0224. The Balaban J connectivity index is 1.81. The van der Waals surface area contributed by atoms with E-state index in [0.29, 0.717) is 13.1 Å². The van der Waals surface area contributed by atoms with Gasteiger partial charge in [-0.3, -0.25) is 0 Å². The molecule has 0 fully saturated rings. The molecule has 1 amide bonds. The maximum atomic E-state index is 12.3. The van der Waals surface area contributed by atoms with Crippen molar-refractivity contribution in [1.82, 2.24) is 4.90 Å². The number of hydrogen-bond donors (Lipinski definition) is 0. The highest BCUT2D eigenvalue weighted by Crippen LogP contribution is 2.27. The van der Waals surface area contributed by atoms with Gasteiger partial charge in [-0.15, -0.1) is 0 Å². The third-order valence-electron chi connectivity index (χ3n) is 3.98. The lowest BCUT2D eigenvalue weighted by Crippen LogP contribution is -2.39. The van der Waals surface area contributed by atoms with E-state index in [-0.39, 0.29) is 6.09 Å². The second-order valence-electron chi connectivity index (χ2n) is 7.00. The van der Waals surface area contributed by atoms with Crippen LogP contribution >= 0.6 is 0 Å². The lowest BCUT2D eigenvalue weighted by Gasteiger charge is -2.31. The number of rotatable bonds is 1. The Morgan fingerprint density at radius 2 is 1.74 bits per heavy atom. The molecule has 0 atom stereocenters. The molecule has 23 heavy (non-hydrogen) atoms. The number of benzene rings is 2. The monoisotopic (exact) mass is 309 g/mol. The third-order valence-corrected chi connectivity index (χ3v) is 3.98. The van der Waals surface area contributed by atoms with E-state index in [0.717, 1.165) is 6.42 Å². The first-order valence-corrected chi connectivity index (χ1v) is 8.07. The Morgan fingerprint density at radius 1 is 1.00 bits per heavy atom. The molecule has 0 unspecified atom stereocenters. The van der Waals surface area contributed by atoms with Gasteiger partial charge in [0, 0.05) is 13.1 Å². The predicted molar refractivity (Wildman–Crippen MR) is 92.2 cm³/mol. The van der Waals surface area contributed by atoms with E-state index in [9.17, 15) is 4.79 Å². The second kappa shape index (κ2) is 6.07. The van der Waals surface area contributed by atoms with Crippen LogP contribution in [0.25, 0.3) is 11.1 Å². The fourth-order valence-corrected chi connectivity index (χ4v) is 2.85. The van der Waals surface area contributed by atoms with Gasteiger partial charge in [0.05, 0.1) is 0 Å². The number of carbonyl (C=O) groups excluding carboxylic acids is 1. The summed E-state index contributed by atoms with van der Waals surface area (Å²) in [6.07, 6.45) is 0.650. The normalized spacial score (nSPS) is 14.3. The average molecular weight is 309 g/mol. The summed E-state index contributed by atoms with van der Waals surface area (Å²) in [6.45, 7) is 7.03. The Kier molecular flexibility index (Phi) is 4.12. The quantitative estimate of drug-likeness (QED) is 0.767. The molecule has 0 saturated carbocycles. The molecule has 3 rings (SSSR count).